The molecule has 1 saturated heterocycles. The summed E-state index contributed by atoms with van der Waals surface area (Å²) in [4.78, 5) is 19.5. The first-order chi connectivity index (χ1) is 15.4. The highest BCUT2D eigenvalue weighted by Gasteiger charge is 2.14. The van der Waals surface area contributed by atoms with Gasteiger partial charge in [0.2, 0.25) is 10.0 Å². The highest BCUT2D eigenvalue weighted by atomic mass is 32.2. The summed E-state index contributed by atoms with van der Waals surface area (Å²) in [6.07, 6.45) is 1.11. The molecule has 0 radical (unpaired) electrons. The first-order valence-electron chi connectivity index (χ1n) is 10.1. The lowest BCUT2D eigenvalue weighted by molar-refractivity contribution is 0.0342. The molecule has 0 bridgehead atoms. The van der Waals surface area contributed by atoms with Crippen molar-refractivity contribution in [2.24, 2.45) is 0 Å². The van der Waals surface area contributed by atoms with Gasteiger partial charge in [-0.2, -0.15) is 0 Å². The minimum absolute atomic E-state index is 0.206. The second-order valence-electron chi connectivity index (χ2n) is 7.53. The molecule has 1 aromatic heterocycles. The summed E-state index contributed by atoms with van der Waals surface area (Å²) in [7, 11) is -3.32. The summed E-state index contributed by atoms with van der Waals surface area (Å²) in [5.74, 6) is -0.206. The summed E-state index contributed by atoms with van der Waals surface area (Å²) >= 11 is 1.34. The van der Waals surface area contributed by atoms with Crippen LogP contribution in [0.2, 0.25) is 0 Å². The first kappa shape index (κ1) is 22.4. The summed E-state index contributed by atoms with van der Waals surface area (Å²) < 4.78 is 30.5. The molecule has 2 N–H and O–H groups in total. The van der Waals surface area contributed by atoms with Gasteiger partial charge in [0, 0.05) is 41.8 Å². The number of sulfonamides is 1. The number of ether oxygens (including phenoxy) is 1. The summed E-state index contributed by atoms with van der Waals surface area (Å²) in [6.45, 7) is 4.05. The topological polar surface area (TPSA) is 101 Å². The van der Waals surface area contributed by atoms with Crippen molar-refractivity contribution in [2.75, 3.05) is 42.6 Å². The molecule has 32 heavy (non-hydrogen) atoms. The molecule has 4 rings (SSSR count). The highest BCUT2D eigenvalue weighted by Crippen LogP contribution is 2.26. The van der Waals surface area contributed by atoms with Gasteiger partial charge in [-0.3, -0.25) is 19.7 Å². The number of anilines is 2. The fourth-order valence-corrected chi connectivity index (χ4v) is 4.66. The molecule has 1 fully saturated rings. The van der Waals surface area contributed by atoms with E-state index in [0.29, 0.717) is 22.1 Å². The van der Waals surface area contributed by atoms with Crippen LogP contribution < -0.4 is 10.0 Å². The molecule has 0 spiro atoms. The van der Waals surface area contributed by atoms with E-state index in [9.17, 15) is 13.2 Å². The van der Waals surface area contributed by atoms with Crippen molar-refractivity contribution in [1.29, 1.82) is 0 Å². The maximum atomic E-state index is 12.7. The maximum Gasteiger partial charge on any atom is 0.257 e. The second kappa shape index (κ2) is 9.78. The van der Waals surface area contributed by atoms with Crippen molar-refractivity contribution in [3.63, 3.8) is 0 Å². The molecule has 0 atom stereocenters. The number of aromatic nitrogens is 1. The number of morpholine rings is 1. The predicted octanol–water partition coefficient (Wildman–Crippen LogP) is 3.27. The minimum atomic E-state index is -3.32. The fourth-order valence-electron chi connectivity index (χ4n) is 3.38. The molecule has 10 heteroatoms. The summed E-state index contributed by atoms with van der Waals surface area (Å²) in [6, 6.07) is 14.5. The van der Waals surface area contributed by atoms with Crippen molar-refractivity contribution < 1.29 is 17.9 Å². The van der Waals surface area contributed by atoms with Gasteiger partial charge in [0.1, 0.15) is 0 Å². The van der Waals surface area contributed by atoms with Gasteiger partial charge in [0.25, 0.3) is 5.91 Å². The lowest BCUT2D eigenvalue weighted by Crippen LogP contribution is -2.35. The third kappa shape index (κ3) is 6.13. The minimum Gasteiger partial charge on any atom is -0.379 e. The van der Waals surface area contributed by atoms with E-state index in [2.05, 4.69) is 19.9 Å². The van der Waals surface area contributed by atoms with E-state index in [0.717, 1.165) is 50.2 Å². The Hall–Kier alpha value is -2.79. The Morgan fingerprint density at radius 2 is 1.91 bits per heavy atom. The Balaban J connectivity index is 1.40. The van der Waals surface area contributed by atoms with E-state index >= 15 is 0 Å². The van der Waals surface area contributed by atoms with Gasteiger partial charge in [0.15, 0.2) is 5.13 Å². The van der Waals surface area contributed by atoms with E-state index in [-0.39, 0.29) is 5.91 Å². The number of nitrogens with zero attached hydrogens (tertiary/aromatic N) is 2. The number of carbonyl (C=O) groups is 1. The average Bonchev–Trinajstić information content (AvgIpc) is 3.22. The Bertz CT molecular complexity index is 1190. The van der Waals surface area contributed by atoms with Gasteiger partial charge in [-0.25, -0.2) is 13.4 Å². The maximum absolute atomic E-state index is 12.7. The molecule has 2 aromatic carbocycles. The zero-order valence-corrected chi connectivity index (χ0v) is 19.2. The highest BCUT2D eigenvalue weighted by molar-refractivity contribution is 7.92. The standard InChI is InChI=1S/C22H24N4O4S2/c1-32(28,29)25-19-7-5-17(6-8-19)20-15-31-22(23-20)24-21(27)18-4-2-3-16(13-18)14-26-9-11-30-12-10-26/h2-8,13,15,25H,9-12,14H2,1H3,(H,23,24,27). The second-order valence-corrected chi connectivity index (χ2v) is 10.1. The Morgan fingerprint density at radius 1 is 1.16 bits per heavy atom. The van der Waals surface area contributed by atoms with Crippen LogP contribution in [0, 0.1) is 0 Å². The number of nitrogens with one attached hydrogen (secondary N) is 2. The van der Waals surface area contributed by atoms with Crippen LogP contribution >= 0.6 is 11.3 Å². The average molecular weight is 473 g/mol. The molecule has 0 saturated carbocycles. The van der Waals surface area contributed by atoms with E-state index in [1.165, 1.54) is 11.3 Å². The van der Waals surface area contributed by atoms with Crippen LogP contribution in [-0.4, -0.2) is 56.8 Å². The number of hydrogen-bond acceptors (Lipinski definition) is 7. The number of hydrogen-bond donors (Lipinski definition) is 2. The number of amides is 1. The third-order valence-electron chi connectivity index (χ3n) is 4.91. The Labute approximate surface area is 191 Å². The van der Waals surface area contributed by atoms with Crippen LogP contribution in [0.1, 0.15) is 15.9 Å². The zero-order chi connectivity index (χ0) is 22.6. The van der Waals surface area contributed by atoms with E-state index in [1.807, 2.05) is 23.6 Å². The van der Waals surface area contributed by atoms with Gasteiger partial charge in [-0.05, 0) is 29.8 Å². The van der Waals surface area contributed by atoms with Crippen molar-refractivity contribution in [2.45, 2.75) is 6.54 Å². The zero-order valence-electron chi connectivity index (χ0n) is 17.6. The molecule has 168 valence electrons. The van der Waals surface area contributed by atoms with Crippen LogP contribution in [0.15, 0.2) is 53.9 Å². The number of rotatable bonds is 7. The SMILES string of the molecule is CS(=O)(=O)Nc1ccc(-c2csc(NC(=O)c3cccc(CN4CCOCC4)c3)n2)cc1. The summed E-state index contributed by atoms with van der Waals surface area (Å²) in [5.41, 5.74) is 3.69. The van der Waals surface area contributed by atoms with E-state index in [1.54, 1.807) is 30.3 Å². The number of carbonyl (C=O) groups excluding carboxylic acids is 1. The normalized spacial score (nSPS) is 14.8. The lowest BCUT2D eigenvalue weighted by atomic mass is 10.1. The molecule has 1 amide bonds. The van der Waals surface area contributed by atoms with Gasteiger partial charge >= 0.3 is 0 Å². The van der Waals surface area contributed by atoms with Crippen molar-refractivity contribution in [3.05, 3.63) is 65.0 Å². The van der Waals surface area contributed by atoms with Gasteiger partial charge < -0.3 is 4.74 Å². The molecule has 2 heterocycles. The van der Waals surface area contributed by atoms with Crippen molar-refractivity contribution in [1.82, 2.24) is 9.88 Å². The first-order valence-corrected chi connectivity index (χ1v) is 12.9. The molecule has 1 aliphatic rings. The Morgan fingerprint density at radius 3 is 2.62 bits per heavy atom. The fraction of sp³-hybridized carbons (Fsp3) is 0.273. The molecular weight excluding hydrogens is 448 g/mol. The molecule has 1 aliphatic heterocycles. The number of benzene rings is 2. The van der Waals surface area contributed by atoms with Crippen LogP contribution in [0.4, 0.5) is 10.8 Å². The van der Waals surface area contributed by atoms with E-state index in [4.69, 9.17) is 4.74 Å². The lowest BCUT2D eigenvalue weighted by Gasteiger charge is -2.26. The van der Waals surface area contributed by atoms with Gasteiger partial charge in [-0.1, -0.05) is 24.3 Å². The smallest absolute Gasteiger partial charge is 0.257 e. The quantitative estimate of drug-likeness (QED) is 0.547. The molecule has 3 aromatic rings. The largest absolute Gasteiger partial charge is 0.379 e. The Kier molecular flexibility index (Phi) is 6.85. The van der Waals surface area contributed by atoms with Crippen molar-refractivity contribution >= 4 is 38.1 Å². The summed E-state index contributed by atoms with van der Waals surface area (Å²) in [5, 5.41) is 5.22. The number of thiazole rings is 1. The molecule has 0 unspecified atom stereocenters. The monoisotopic (exact) mass is 472 g/mol. The van der Waals surface area contributed by atoms with Gasteiger partial charge in [-0.15, -0.1) is 11.3 Å². The van der Waals surface area contributed by atoms with Crippen molar-refractivity contribution in [3.8, 4) is 11.3 Å². The predicted molar refractivity (Wildman–Crippen MR) is 127 cm³/mol. The van der Waals surface area contributed by atoms with Crippen LogP contribution in [-0.2, 0) is 21.3 Å². The third-order valence-corrected chi connectivity index (χ3v) is 6.27. The molecular formula is C22H24N4O4S2. The van der Waals surface area contributed by atoms with E-state index < -0.39 is 10.0 Å². The van der Waals surface area contributed by atoms with Crippen LogP contribution in [0.3, 0.4) is 0 Å². The van der Waals surface area contributed by atoms with Crippen LogP contribution in [0.25, 0.3) is 11.3 Å². The van der Waals surface area contributed by atoms with Gasteiger partial charge in [0.05, 0.1) is 25.2 Å². The molecule has 0 aliphatic carbocycles. The van der Waals surface area contributed by atoms with Crippen LogP contribution in [0.5, 0.6) is 0 Å². The molecule has 8 nitrogen and oxygen atoms in total.